The fraction of sp³-hybridized carbons (Fsp3) is 0.407. The summed E-state index contributed by atoms with van der Waals surface area (Å²) in [7, 11) is 1.62. The van der Waals surface area contributed by atoms with Crippen LogP contribution in [0.2, 0.25) is 0 Å². The topological polar surface area (TPSA) is 71.8 Å². The second kappa shape index (κ2) is 12.7. The Morgan fingerprint density at radius 2 is 1.50 bits per heavy atom. The van der Waals surface area contributed by atoms with Crippen molar-refractivity contribution in [2.45, 2.75) is 46.5 Å². The molecule has 0 aliphatic heterocycles. The fourth-order valence-corrected chi connectivity index (χ4v) is 3.58. The molecule has 7 nitrogen and oxygen atoms in total. The molecule has 2 heterocycles. The first-order valence-corrected chi connectivity index (χ1v) is 11.9. The van der Waals surface area contributed by atoms with E-state index in [4.69, 9.17) is 18.9 Å². The van der Waals surface area contributed by atoms with Crippen molar-refractivity contribution >= 4 is 5.97 Å². The second-order valence-corrected chi connectivity index (χ2v) is 7.75. The van der Waals surface area contributed by atoms with Gasteiger partial charge in [0.1, 0.15) is 11.4 Å². The van der Waals surface area contributed by atoms with Crippen molar-refractivity contribution in [3.8, 4) is 34.2 Å². The summed E-state index contributed by atoms with van der Waals surface area (Å²) in [5.41, 5.74) is 2.65. The Kier molecular flexibility index (Phi) is 9.38. The van der Waals surface area contributed by atoms with Gasteiger partial charge in [0.05, 0.1) is 26.9 Å². The van der Waals surface area contributed by atoms with Crippen LogP contribution in [0.1, 0.15) is 56.9 Å². The minimum Gasteiger partial charge on any atom is -0.497 e. The number of nitrogens with zero attached hydrogens (tertiary/aromatic N) is 2. The zero-order chi connectivity index (χ0) is 24.3. The minimum absolute atomic E-state index is 0.248. The Labute approximate surface area is 201 Å². The average molecular weight is 467 g/mol. The third-order valence-electron chi connectivity index (χ3n) is 5.33. The molecule has 1 aromatic carbocycles. The van der Waals surface area contributed by atoms with Crippen LogP contribution in [0.15, 0.2) is 48.8 Å². The van der Waals surface area contributed by atoms with Crippen molar-refractivity contribution in [2.24, 2.45) is 0 Å². The van der Waals surface area contributed by atoms with Crippen molar-refractivity contribution in [2.75, 3.05) is 26.9 Å². The molecule has 0 bridgehead atoms. The van der Waals surface area contributed by atoms with Crippen LogP contribution in [-0.4, -0.2) is 42.5 Å². The number of unbranched alkanes of at least 4 members (excludes halogenated alkanes) is 2. The van der Waals surface area contributed by atoms with Gasteiger partial charge >= 0.3 is 5.97 Å². The van der Waals surface area contributed by atoms with Crippen LogP contribution in [0.25, 0.3) is 16.9 Å². The summed E-state index contributed by atoms with van der Waals surface area (Å²) in [6, 6.07) is 11.3. The molecule has 182 valence electrons. The number of hydrogen-bond acceptors (Lipinski definition) is 6. The number of carbonyl (C=O) groups is 1. The maximum absolute atomic E-state index is 13.3. The van der Waals surface area contributed by atoms with Crippen LogP contribution in [-0.2, 0) is 4.74 Å². The van der Waals surface area contributed by atoms with Crippen LogP contribution in [0, 0.1) is 0 Å². The van der Waals surface area contributed by atoms with Gasteiger partial charge in [-0.05, 0) is 56.2 Å². The number of hydrogen-bond donors (Lipinski definition) is 0. The summed E-state index contributed by atoms with van der Waals surface area (Å²) in [5.74, 6) is 1.20. The Morgan fingerprint density at radius 3 is 2.06 bits per heavy atom. The van der Waals surface area contributed by atoms with Gasteiger partial charge < -0.3 is 18.9 Å². The lowest BCUT2D eigenvalue weighted by molar-refractivity contribution is 0.0511. The standard InChI is InChI=1S/C27H34N2O5/c1-5-8-18-33-25-23(20-14-16-28-17-15-20)29(21-10-12-22(31-4)13-11-21)24(27(30)32-7-3)26(25)34-19-9-6-2/h10-17H,5-9,18-19H2,1-4H3. The summed E-state index contributed by atoms with van der Waals surface area (Å²) >= 11 is 0. The molecule has 0 aliphatic carbocycles. The Bertz CT molecular complexity index is 1050. The highest BCUT2D eigenvalue weighted by atomic mass is 16.5. The number of rotatable bonds is 13. The summed E-state index contributed by atoms with van der Waals surface area (Å²) in [4.78, 5) is 17.5. The zero-order valence-corrected chi connectivity index (χ0v) is 20.5. The highest BCUT2D eigenvalue weighted by Gasteiger charge is 2.32. The largest absolute Gasteiger partial charge is 0.497 e. The van der Waals surface area contributed by atoms with Crippen LogP contribution in [0.4, 0.5) is 0 Å². The normalized spacial score (nSPS) is 10.7. The molecule has 0 amide bonds. The molecule has 0 aliphatic rings. The molecule has 0 radical (unpaired) electrons. The molecule has 0 saturated carbocycles. The predicted molar refractivity (Wildman–Crippen MR) is 132 cm³/mol. The van der Waals surface area contributed by atoms with Crippen LogP contribution >= 0.6 is 0 Å². The molecule has 3 aromatic rings. The van der Waals surface area contributed by atoms with E-state index in [2.05, 4.69) is 18.8 Å². The van der Waals surface area contributed by atoms with Gasteiger partial charge in [0.15, 0.2) is 17.2 Å². The van der Waals surface area contributed by atoms with Crippen LogP contribution in [0.3, 0.4) is 0 Å². The van der Waals surface area contributed by atoms with E-state index < -0.39 is 5.97 Å². The van der Waals surface area contributed by atoms with Gasteiger partial charge in [-0.2, -0.15) is 0 Å². The molecule has 0 unspecified atom stereocenters. The number of ether oxygens (including phenoxy) is 4. The monoisotopic (exact) mass is 466 g/mol. The van der Waals surface area contributed by atoms with E-state index in [1.807, 2.05) is 41.0 Å². The molecule has 0 saturated heterocycles. The van der Waals surface area contributed by atoms with Gasteiger partial charge in [-0.1, -0.05) is 26.7 Å². The first-order valence-electron chi connectivity index (χ1n) is 11.9. The van der Waals surface area contributed by atoms with Gasteiger partial charge in [-0.3, -0.25) is 9.55 Å². The number of aromatic nitrogens is 2. The van der Waals surface area contributed by atoms with Crippen molar-refractivity contribution < 1.29 is 23.7 Å². The average Bonchev–Trinajstić information content (AvgIpc) is 3.19. The second-order valence-electron chi connectivity index (χ2n) is 7.75. The highest BCUT2D eigenvalue weighted by molar-refractivity contribution is 5.96. The summed E-state index contributed by atoms with van der Waals surface area (Å²) in [6.07, 6.45) is 7.13. The number of pyridine rings is 1. The summed E-state index contributed by atoms with van der Waals surface area (Å²) in [6.45, 7) is 7.22. The third kappa shape index (κ3) is 5.71. The van der Waals surface area contributed by atoms with Crippen molar-refractivity contribution in [1.29, 1.82) is 0 Å². The Morgan fingerprint density at radius 1 is 0.882 bits per heavy atom. The quantitative estimate of drug-likeness (QED) is 0.224. The predicted octanol–water partition coefficient (Wildman–Crippen LogP) is 6.08. The van der Waals surface area contributed by atoms with E-state index in [9.17, 15) is 4.79 Å². The zero-order valence-electron chi connectivity index (χ0n) is 20.5. The minimum atomic E-state index is -0.467. The number of esters is 1. The fourth-order valence-electron chi connectivity index (χ4n) is 3.58. The van der Waals surface area contributed by atoms with E-state index in [1.165, 1.54) is 0 Å². The van der Waals surface area contributed by atoms with Gasteiger partial charge in [-0.15, -0.1) is 0 Å². The smallest absolute Gasteiger partial charge is 0.359 e. The van der Waals surface area contributed by atoms with E-state index in [0.717, 1.165) is 48.4 Å². The maximum Gasteiger partial charge on any atom is 0.359 e. The molecular formula is C27H34N2O5. The van der Waals surface area contributed by atoms with Crippen molar-refractivity contribution in [3.63, 3.8) is 0 Å². The number of carbonyl (C=O) groups excluding carboxylic acids is 1. The lowest BCUT2D eigenvalue weighted by Crippen LogP contribution is -2.13. The number of methoxy groups -OCH3 is 1. The first-order chi connectivity index (χ1) is 16.7. The van der Waals surface area contributed by atoms with E-state index in [1.54, 1.807) is 26.4 Å². The summed E-state index contributed by atoms with van der Waals surface area (Å²) < 4.78 is 25.2. The molecule has 7 heteroatoms. The molecule has 34 heavy (non-hydrogen) atoms. The molecule has 3 rings (SSSR count). The Hall–Kier alpha value is -3.48. The van der Waals surface area contributed by atoms with Gasteiger partial charge in [0, 0.05) is 23.6 Å². The van der Waals surface area contributed by atoms with Crippen LogP contribution in [0.5, 0.6) is 17.2 Å². The SMILES string of the molecule is CCCCOc1c(OCCCC)c(-c2ccncc2)n(-c2ccc(OC)cc2)c1C(=O)OCC. The van der Waals surface area contributed by atoms with E-state index >= 15 is 0 Å². The molecule has 0 fully saturated rings. The third-order valence-corrected chi connectivity index (χ3v) is 5.33. The van der Waals surface area contributed by atoms with Gasteiger partial charge in [0.2, 0.25) is 0 Å². The van der Waals surface area contributed by atoms with Crippen LogP contribution < -0.4 is 14.2 Å². The molecular weight excluding hydrogens is 432 g/mol. The highest BCUT2D eigenvalue weighted by Crippen LogP contribution is 2.46. The van der Waals surface area contributed by atoms with Gasteiger partial charge in [-0.25, -0.2) is 4.79 Å². The maximum atomic E-state index is 13.3. The molecule has 0 atom stereocenters. The number of benzene rings is 1. The first kappa shape index (κ1) is 25.1. The molecule has 0 N–H and O–H groups in total. The van der Waals surface area contributed by atoms with Crippen molar-refractivity contribution in [1.82, 2.24) is 9.55 Å². The molecule has 0 spiro atoms. The lowest BCUT2D eigenvalue weighted by Gasteiger charge is -2.14. The molecule has 2 aromatic heterocycles. The Balaban J connectivity index is 2.32. The van der Waals surface area contributed by atoms with Gasteiger partial charge in [0.25, 0.3) is 0 Å². The van der Waals surface area contributed by atoms with E-state index in [0.29, 0.717) is 30.4 Å². The lowest BCUT2D eigenvalue weighted by atomic mass is 10.1. The van der Waals surface area contributed by atoms with Crippen molar-refractivity contribution in [3.05, 3.63) is 54.5 Å². The van der Waals surface area contributed by atoms with E-state index in [-0.39, 0.29) is 6.61 Å². The summed E-state index contributed by atoms with van der Waals surface area (Å²) in [5, 5.41) is 0.